The summed E-state index contributed by atoms with van der Waals surface area (Å²) in [5.74, 6) is -0.671. The summed E-state index contributed by atoms with van der Waals surface area (Å²) in [5.41, 5.74) is 0. The molecule has 1 saturated heterocycles. The summed E-state index contributed by atoms with van der Waals surface area (Å²) < 4.78 is 49.8. The molecule has 1 spiro atoms. The molecule has 1 N–H and O–H groups in total. The van der Waals surface area contributed by atoms with E-state index in [-0.39, 0.29) is 12.1 Å². The first-order valence-corrected chi connectivity index (χ1v) is 7.71. The topological polar surface area (TPSA) is 33.7 Å². The van der Waals surface area contributed by atoms with E-state index in [1.807, 2.05) is 6.92 Å². The minimum atomic E-state index is -4.19. The quantitative estimate of drug-likeness (QED) is 0.843. The van der Waals surface area contributed by atoms with Crippen LogP contribution in [0.4, 0.5) is 13.2 Å². The summed E-state index contributed by atoms with van der Waals surface area (Å²) in [6, 6.07) is -0.167. The van der Waals surface area contributed by atoms with Gasteiger partial charge in [0.15, 0.2) is 5.79 Å². The van der Waals surface area contributed by atoms with Crippen LogP contribution < -0.4 is 5.32 Å². The zero-order valence-corrected chi connectivity index (χ0v) is 12.7. The highest BCUT2D eigenvalue weighted by molar-refractivity contribution is 4.96. The number of nitrogens with zero attached hydrogens (tertiary/aromatic N) is 1. The average Bonchev–Trinajstić information content (AvgIpc) is 2.86. The van der Waals surface area contributed by atoms with Crippen molar-refractivity contribution >= 4 is 0 Å². The fraction of sp³-hybridized carbons (Fsp3) is 1.00. The molecule has 7 heteroatoms. The molecule has 2 unspecified atom stereocenters. The number of likely N-dealkylation sites (N-methyl/N-ethyl adjacent to an activating group) is 2. The Hall–Kier alpha value is -0.370. The fourth-order valence-corrected chi connectivity index (χ4v) is 3.47. The monoisotopic (exact) mass is 310 g/mol. The van der Waals surface area contributed by atoms with E-state index < -0.39 is 18.5 Å². The number of nitrogens with one attached hydrogen (secondary N) is 1. The van der Waals surface area contributed by atoms with Gasteiger partial charge in [0, 0.05) is 24.9 Å². The highest BCUT2D eigenvalue weighted by atomic mass is 19.4. The SMILES string of the molecule is CCNC1CCC2(CC1N(CC)CC(F)(F)F)OCCO2. The summed E-state index contributed by atoms with van der Waals surface area (Å²) in [4.78, 5) is 1.50. The van der Waals surface area contributed by atoms with Crippen LogP contribution in [-0.4, -0.2) is 61.8 Å². The minimum Gasteiger partial charge on any atom is -0.347 e. The van der Waals surface area contributed by atoms with Crippen molar-refractivity contribution in [1.82, 2.24) is 10.2 Å². The van der Waals surface area contributed by atoms with E-state index in [0.717, 1.165) is 19.4 Å². The minimum absolute atomic E-state index is 0.0516. The highest BCUT2D eigenvalue weighted by Gasteiger charge is 2.47. The van der Waals surface area contributed by atoms with Gasteiger partial charge in [0.2, 0.25) is 0 Å². The van der Waals surface area contributed by atoms with Gasteiger partial charge in [-0.2, -0.15) is 13.2 Å². The molecule has 124 valence electrons. The standard InChI is InChI=1S/C14H25F3N2O2/c1-3-18-11-5-6-13(20-7-8-21-13)9-12(11)19(4-2)10-14(15,16)17/h11-12,18H,3-10H2,1-2H3. The second-order valence-electron chi connectivity index (χ2n) is 5.76. The van der Waals surface area contributed by atoms with E-state index in [2.05, 4.69) is 5.32 Å². The third kappa shape index (κ3) is 4.31. The number of ether oxygens (including phenoxy) is 2. The second-order valence-corrected chi connectivity index (χ2v) is 5.76. The molecule has 2 atom stereocenters. The first-order valence-electron chi connectivity index (χ1n) is 7.71. The summed E-state index contributed by atoms with van der Waals surface area (Å²) in [6.45, 7) is 5.04. The van der Waals surface area contributed by atoms with Crippen LogP contribution in [0.3, 0.4) is 0 Å². The van der Waals surface area contributed by atoms with Crippen LogP contribution in [0, 0.1) is 0 Å². The van der Waals surface area contributed by atoms with Gasteiger partial charge < -0.3 is 14.8 Å². The molecule has 2 fully saturated rings. The van der Waals surface area contributed by atoms with E-state index in [0.29, 0.717) is 26.2 Å². The van der Waals surface area contributed by atoms with Crippen LogP contribution in [0.2, 0.25) is 0 Å². The maximum atomic E-state index is 12.8. The van der Waals surface area contributed by atoms with Gasteiger partial charge in [-0.05, 0) is 19.5 Å². The molecule has 0 bridgehead atoms. The van der Waals surface area contributed by atoms with Gasteiger partial charge in [0.1, 0.15) is 0 Å². The first-order chi connectivity index (χ1) is 9.89. The maximum Gasteiger partial charge on any atom is 0.401 e. The van der Waals surface area contributed by atoms with Gasteiger partial charge in [0.05, 0.1) is 19.8 Å². The van der Waals surface area contributed by atoms with Gasteiger partial charge in [-0.15, -0.1) is 0 Å². The molecular formula is C14H25F3N2O2. The molecule has 0 aromatic carbocycles. The predicted molar refractivity (Wildman–Crippen MR) is 73.0 cm³/mol. The first kappa shape index (κ1) is 17.0. The van der Waals surface area contributed by atoms with E-state index in [1.165, 1.54) is 4.90 Å². The highest BCUT2D eigenvalue weighted by Crippen LogP contribution is 2.38. The summed E-state index contributed by atoms with van der Waals surface area (Å²) in [5, 5.41) is 3.32. The van der Waals surface area contributed by atoms with Crippen LogP contribution in [0.25, 0.3) is 0 Å². The van der Waals surface area contributed by atoms with Gasteiger partial charge in [-0.3, -0.25) is 4.90 Å². The van der Waals surface area contributed by atoms with Crippen LogP contribution in [0.1, 0.15) is 33.1 Å². The van der Waals surface area contributed by atoms with Crippen molar-refractivity contribution in [3.05, 3.63) is 0 Å². The van der Waals surface area contributed by atoms with Crippen molar-refractivity contribution in [2.24, 2.45) is 0 Å². The predicted octanol–water partition coefficient (Wildman–Crippen LogP) is 2.14. The van der Waals surface area contributed by atoms with E-state index >= 15 is 0 Å². The van der Waals surface area contributed by atoms with Crippen molar-refractivity contribution < 1.29 is 22.6 Å². The van der Waals surface area contributed by atoms with Crippen molar-refractivity contribution in [3.8, 4) is 0 Å². The fourth-order valence-electron chi connectivity index (χ4n) is 3.47. The molecule has 2 aliphatic rings. The second kappa shape index (κ2) is 6.81. The summed E-state index contributed by atoms with van der Waals surface area (Å²) in [7, 11) is 0. The Balaban J connectivity index is 2.11. The molecule has 4 nitrogen and oxygen atoms in total. The zero-order valence-electron chi connectivity index (χ0n) is 12.7. The molecule has 21 heavy (non-hydrogen) atoms. The lowest BCUT2D eigenvalue weighted by Gasteiger charge is -2.46. The molecule has 1 aliphatic carbocycles. The molecular weight excluding hydrogens is 285 g/mol. The number of rotatable bonds is 5. The Labute approximate surface area is 124 Å². The lowest BCUT2D eigenvalue weighted by molar-refractivity contribution is -0.203. The number of halogens is 3. The largest absolute Gasteiger partial charge is 0.401 e. The van der Waals surface area contributed by atoms with E-state index in [4.69, 9.17) is 9.47 Å². The molecule has 0 aromatic heterocycles. The van der Waals surface area contributed by atoms with Crippen molar-refractivity contribution in [2.45, 2.75) is 57.2 Å². The van der Waals surface area contributed by atoms with Gasteiger partial charge in [0.25, 0.3) is 0 Å². The average molecular weight is 310 g/mol. The Bertz CT molecular complexity index is 333. The van der Waals surface area contributed by atoms with Crippen LogP contribution in [0.15, 0.2) is 0 Å². The van der Waals surface area contributed by atoms with Crippen LogP contribution in [-0.2, 0) is 9.47 Å². The van der Waals surface area contributed by atoms with Crippen molar-refractivity contribution in [3.63, 3.8) is 0 Å². The van der Waals surface area contributed by atoms with E-state index in [1.54, 1.807) is 6.92 Å². The molecule has 2 rings (SSSR count). The molecule has 1 aliphatic heterocycles. The Kier molecular flexibility index (Phi) is 5.51. The molecule has 1 saturated carbocycles. The molecule has 0 aromatic rings. The van der Waals surface area contributed by atoms with Crippen LogP contribution >= 0.6 is 0 Å². The molecule has 0 amide bonds. The number of hydrogen-bond donors (Lipinski definition) is 1. The lowest BCUT2D eigenvalue weighted by Crippen LogP contribution is -2.59. The van der Waals surface area contributed by atoms with Gasteiger partial charge in [-0.1, -0.05) is 13.8 Å². The molecule has 0 radical (unpaired) electrons. The van der Waals surface area contributed by atoms with Crippen molar-refractivity contribution in [1.29, 1.82) is 0 Å². The van der Waals surface area contributed by atoms with E-state index in [9.17, 15) is 13.2 Å². The van der Waals surface area contributed by atoms with Crippen LogP contribution in [0.5, 0.6) is 0 Å². The van der Waals surface area contributed by atoms with Gasteiger partial charge in [-0.25, -0.2) is 0 Å². The maximum absolute atomic E-state index is 12.8. The van der Waals surface area contributed by atoms with Gasteiger partial charge >= 0.3 is 6.18 Å². The normalized spacial score (nSPS) is 29.4. The third-order valence-electron chi connectivity index (χ3n) is 4.36. The summed E-state index contributed by atoms with van der Waals surface area (Å²) >= 11 is 0. The Morgan fingerprint density at radius 2 is 1.90 bits per heavy atom. The Morgan fingerprint density at radius 1 is 1.24 bits per heavy atom. The Morgan fingerprint density at radius 3 is 2.43 bits per heavy atom. The smallest absolute Gasteiger partial charge is 0.347 e. The number of hydrogen-bond acceptors (Lipinski definition) is 4. The zero-order chi connectivity index (χ0) is 15.5. The number of alkyl halides is 3. The summed E-state index contributed by atoms with van der Waals surface area (Å²) in [6.07, 6.45) is -2.18. The third-order valence-corrected chi connectivity index (χ3v) is 4.36. The lowest BCUT2D eigenvalue weighted by atomic mass is 9.84. The molecule has 1 heterocycles. The van der Waals surface area contributed by atoms with Crippen molar-refractivity contribution in [2.75, 3.05) is 32.8 Å².